The SMILES string of the molecule is O=C(Cn1c(COc2ccccc2)nc2ccccc21)NCCc1nc2ccccc2[nH]1. The van der Waals surface area contributed by atoms with Crippen LogP contribution in [-0.2, 0) is 24.4 Å². The van der Waals surface area contributed by atoms with E-state index in [4.69, 9.17) is 4.74 Å². The van der Waals surface area contributed by atoms with E-state index in [2.05, 4.69) is 20.3 Å². The molecule has 0 atom stereocenters. The lowest BCUT2D eigenvalue weighted by molar-refractivity contribution is -0.121. The van der Waals surface area contributed by atoms with Crippen molar-refractivity contribution in [3.63, 3.8) is 0 Å². The average Bonchev–Trinajstić information content (AvgIpc) is 3.39. The number of nitrogens with one attached hydrogen (secondary N) is 2. The fraction of sp³-hybridized carbons (Fsp3) is 0.160. The molecule has 2 aromatic heterocycles. The van der Waals surface area contributed by atoms with Crippen LogP contribution < -0.4 is 10.1 Å². The number of carbonyl (C=O) groups excluding carboxylic acids is 1. The van der Waals surface area contributed by atoms with Crippen molar-refractivity contribution in [3.8, 4) is 5.75 Å². The van der Waals surface area contributed by atoms with Gasteiger partial charge in [-0.25, -0.2) is 9.97 Å². The van der Waals surface area contributed by atoms with Gasteiger partial charge in [0.1, 0.15) is 30.5 Å². The summed E-state index contributed by atoms with van der Waals surface area (Å²) in [4.78, 5) is 25.2. The molecule has 0 bridgehead atoms. The summed E-state index contributed by atoms with van der Waals surface area (Å²) in [6.45, 7) is 0.959. The predicted octanol–water partition coefficient (Wildman–Crippen LogP) is 3.85. The maximum Gasteiger partial charge on any atom is 0.240 e. The van der Waals surface area contributed by atoms with Crippen LogP contribution in [0.5, 0.6) is 5.75 Å². The number of hydrogen-bond donors (Lipinski definition) is 2. The van der Waals surface area contributed by atoms with Crippen molar-refractivity contribution in [3.05, 3.63) is 90.5 Å². The van der Waals surface area contributed by atoms with Crippen molar-refractivity contribution in [1.82, 2.24) is 24.8 Å². The number of rotatable bonds is 8. The smallest absolute Gasteiger partial charge is 0.240 e. The van der Waals surface area contributed by atoms with Gasteiger partial charge in [-0.2, -0.15) is 0 Å². The number of benzene rings is 3. The Hall–Kier alpha value is -4.13. The highest BCUT2D eigenvalue weighted by molar-refractivity contribution is 5.81. The van der Waals surface area contributed by atoms with E-state index in [9.17, 15) is 4.79 Å². The molecule has 0 spiro atoms. The summed E-state index contributed by atoms with van der Waals surface area (Å²) < 4.78 is 7.80. The van der Waals surface area contributed by atoms with Crippen LogP contribution in [0.2, 0.25) is 0 Å². The van der Waals surface area contributed by atoms with Gasteiger partial charge in [0.15, 0.2) is 0 Å². The molecule has 0 saturated heterocycles. The third kappa shape index (κ3) is 4.32. The molecule has 0 radical (unpaired) electrons. The first kappa shape index (κ1) is 19.8. The van der Waals surface area contributed by atoms with Crippen LogP contribution in [0.25, 0.3) is 22.1 Å². The molecule has 5 rings (SSSR count). The molecule has 3 aromatic carbocycles. The number of nitrogens with zero attached hydrogens (tertiary/aromatic N) is 3. The van der Waals surface area contributed by atoms with Crippen LogP contribution in [0.3, 0.4) is 0 Å². The topological polar surface area (TPSA) is 84.8 Å². The summed E-state index contributed by atoms with van der Waals surface area (Å²) in [6, 6.07) is 25.3. The first-order valence-corrected chi connectivity index (χ1v) is 10.6. The van der Waals surface area contributed by atoms with Crippen LogP contribution in [0.4, 0.5) is 0 Å². The molecule has 0 saturated carbocycles. The Morgan fingerprint density at radius 3 is 2.50 bits per heavy atom. The molecule has 0 aliphatic carbocycles. The Labute approximate surface area is 185 Å². The lowest BCUT2D eigenvalue weighted by Gasteiger charge is -2.11. The molecule has 0 aliphatic rings. The molecule has 0 fully saturated rings. The second-order valence-corrected chi connectivity index (χ2v) is 7.51. The monoisotopic (exact) mass is 425 g/mol. The van der Waals surface area contributed by atoms with E-state index in [-0.39, 0.29) is 19.1 Å². The number of para-hydroxylation sites is 5. The minimum Gasteiger partial charge on any atom is -0.486 e. The molecule has 7 heteroatoms. The van der Waals surface area contributed by atoms with Crippen LogP contribution in [0.15, 0.2) is 78.9 Å². The minimum absolute atomic E-state index is 0.0785. The second-order valence-electron chi connectivity index (χ2n) is 7.51. The Bertz CT molecular complexity index is 1320. The number of hydrogen-bond acceptors (Lipinski definition) is 4. The van der Waals surface area contributed by atoms with Gasteiger partial charge in [-0.3, -0.25) is 4.79 Å². The highest BCUT2D eigenvalue weighted by Gasteiger charge is 2.14. The number of fused-ring (bicyclic) bond motifs is 2. The summed E-state index contributed by atoms with van der Waals surface area (Å²) >= 11 is 0. The van der Waals surface area contributed by atoms with Crippen LogP contribution in [-0.4, -0.2) is 32.0 Å². The minimum atomic E-state index is -0.0785. The van der Waals surface area contributed by atoms with Gasteiger partial charge < -0.3 is 19.6 Å². The first-order valence-electron chi connectivity index (χ1n) is 10.6. The van der Waals surface area contributed by atoms with E-state index in [1.54, 1.807) is 0 Å². The average molecular weight is 425 g/mol. The van der Waals surface area contributed by atoms with E-state index in [0.717, 1.165) is 33.6 Å². The molecule has 160 valence electrons. The summed E-state index contributed by atoms with van der Waals surface area (Å²) in [6.07, 6.45) is 0.634. The number of aromatic nitrogens is 4. The normalized spacial score (nSPS) is 11.1. The fourth-order valence-corrected chi connectivity index (χ4v) is 3.72. The summed E-state index contributed by atoms with van der Waals surface area (Å²) in [5.41, 5.74) is 3.68. The van der Waals surface area contributed by atoms with Gasteiger partial charge >= 0.3 is 0 Å². The number of imidazole rings is 2. The van der Waals surface area contributed by atoms with Crippen molar-refractivity contribution in [2.45, 2.75) is 19.6 Å². The van der Waals surface area contributed by atoms with E-state index in [1.807, 2.05) is 83.4 Å². The molecular formula is C25H23N5O2. The van der Waals surface area contributed by atoms with Gasteiger partial charge in [-0.15, -0.1) is 0 Å². The van der Waals surface area contributed by atoms with Crippen LogP contribution in [0.1, 0.15) is 11.6 Å². The molecule has 1 amide bonds. The maximum absolute atomic E-state index is 12.7. The Balaban J connectivity index is 1.25. The summed E-state index contributed by atoms with van der Waals surface area (Å²) in [5.74, 6) is 2.26. The van der Waals surface area contributed by atoms with Gasteiger partial charge in [-0.1, -0.05) is 42.5 Å². The first-order chi connectivity index (χ1) is 15.8. The fourth-order valence-electron chi connectivity index (χ4n) is 3.72. The third-order valence-corrected chi connectivity index (χ3v) is 5.27. The van der Waals surface area contributed by atoms with Gasteiger partial charge in [0.25, 0.3) is 0 Å². The van der Waals surface area contributed by atoms with Crippen molar-refractivity contribution in [1.29, 1.82) is 0 Å². The van der Waals surface area contributed by atoms with E-state index in [0.29, 0.717) is 18.8 Å². The number of carbonyl (C=O) groups is 1. The van der Waals surface area contributed by atoms with Gasteiger partial charge in [-0.05, 0) is 36.4 Å². The zero-order valence-electron chi connectivity index (χ0n) is 17.5. The summed E-state index contributed by atoms with van der Waals surface area (Å²) in [7, 11) is 0. The highest BCUT2D eigenvalue weighted by atomic mass is 16.5. The van der Waals surface area contributed by atoms with E-state index in [1.165, 1.54) is 0 Å². The van der Waals surface area contributed by atoms with Crippen LogP contribution in [0, 0.1) is 0 Å². The zero-order chi connectivity index (χ0) is 21.8. The van der Waals surface area contributed by atoms with E-state index >= 15 is 0 Å². The zero-order valence-corrected chi connectivity index (χ0v) is 17.5. The number of amides is 1. The third-order valence-electron chi connectivity index (χ3n) is 5.27. The van der Waals surface area contributed by atoms with Gasteiger partial charge in [0, 0.05) is 13.0 Å². The van der Waals surface area contributed by atoms with Crippen molar-refractivity contribution in [2.24, 2.45) is 0 Å². The van der Waals surface area contributed by atoms with Gasteiger partial charge in [0.2, 0.25) is 5.91 Å². The van der Waals surface area contributed by atoms with E-state index < -0.39 is 0 Å². The van der Waals surface area contributed by atoms with Gasteiger partial charge in [0.05, 0.1) is 22.1 Å². The molecule has 2 N–H and O–H groups in total. The molecule has 2 heterocycles. The highest BCUT2D eigenvalue weighted by Crippen LogP contribution is 2.18. The molecule has 0 aliphatic heterocycles. The molecule has 0 unspecified atom stereocenters. The maximum atomic E-state index is 12.7. The number of ether oxygens (including phenoxy) is 1. The molecule has 7 nitrogen and oxygen atoms in total. The van der Waals surface area contributed by atoms with Crippen molar-refractivity contribution >= 4 is 28.0 Å². The lowest BCUT2D eigenvalue weighted by Crippen LogP contribution is -2.30. The van der Waals surface area contributed by atoms with Crippen molar-refractivity contribution in [2.75, 3.05) is 6.54 Å². The molecule has 32 heavy (non-hydrogen) atoms. The lowest BCUT2D eigenvalue weighted by atomic mass is 10.3. The Morgan fingerprint density at radius 2 is 1.66 bits per heavy atom. The number of aromatic amines is 1. The van der Waals surface area contributed by atoms with Crippen molar-refractivity contribution < 1.29 is 9.53 Å². The second kappa shape index (κ2) is 8.93. The Kier molecular flexibility index (Phi) is 5.53. The molecular weight excluding hydrogens is 402 g/mol. The predicted molar refractivity (Wildman–Crippen MR) is 123 cm³/mol. The molecule has 5 aromatic rings. The Morgan fingerprint density at radius 1 is 0.906 bits per heavy atom. The van der Waals surface area contributed by atoms with Crippen LogP contribution >= 0.6 is 0 Å². The summed E-state index contributed by atoms with van der Waals surface area (Å²) in [5, 5.41) is 2.99. The largest absolute Gasteiger partial charge is 0.486 e. The number of H-pyrrole nitrogens is 1. The standard InChI is InChI=1S/C25H23N5O2/c31-25(26-15-14-23-27-19-10-4-5-11-20(19)28-23)16-30-22-13-7-6-12-21(22)29-24(30)17-32-18-8-2-1-3-9-18/h1-13H,14-17H2,(H,26,31)(H,27,28). The quantitative estimate of drug-likeness (QED) is 0.395.